The van der Waals surface area contributed by atoms with E-state index in [4.69, 9.17) is 29.4 Å². The summed E-state index contributed by atoms with van der Waals surface area (Å²) in [5.41, 5.74) is 3.80. The van der Waals surface area contributed by atoms with Gasteiger partial charge in [0.05, 0.1) is 43.5 Å². The number of piperazine rings is 1. The van der Waals surface area contributed by atoms with Crippen molar-refractivity contribution in [2.75, 3.05) is 38.3 Å². The molecule has 2 unspecified atom stereocenters. The van der Waals surface area contributed by atoms with Crippen molar-refractivity contribution in [3.8, 4) is 17.7 Å². The van der Waals surface area contributed by atoms with Crippen LogP contribution in [-0.2, 0) is 24.4 Å². The highest BCUT2D eigenvalue weighted by molar-refractivity contribution is 5.83. The summed E-state index contributed by atoms with van der Waals surface area (Å²) in [7, 11) is 1.70. The van der Waals surface area contributed by atoms with Gasteiger partial charge in [0.25, 0.3) is 0 Å². The lowest BCUT2D eigenvalue weighted by atomic mass is 10.1. The van der Waals surface area contributed by atoms with Crippen molar-refractivity contribution >= 4 is 16.9 Å². The van der Waals surface area contributed by atoms with Crippen molar-refractivity contribution < 1.29 is 18.6 Å². The summed E-state index contributed by atoms with van der Waals surface area (Å²) in [6, 6.07) is 16.6. The molecule has 2 aliphatic rings. The number of aryl methyl sites for hydroxylation is 1. The van der Waals surface area contributed by atoms with Gasteiger partial charge in [0, 0.05) is 43.9 Å². The Morgan fingerprint density at radius 1 is 1.14 bits per heavy atom. The molecule has 0 aliphatic carbocycles. The number of pyridine rings is 1. The zero-order valence-electron chi connectivity index (χ0n) is 24.9. The number of nitriles is 1. The van der Waals surface area contributed by atoms with E-state index < -0.39 is 5.82 Å². The lowest BCUT2D eigenvalue weighted by Gasteiger charge is -2.41. The number of hydrogen-bond acceptors (Lipinski definition) is 8. The highest BCUT2D eigenvalue weighted by atomic mass is 19.1. The van der Waals surface area contributed by atoms with Gasteiger partial charge in [-0.3, -0.25) is 4.90 Å². The second-order valence-corrected chi connectivity index (χ2v) is 11.3. The molecule has 0 bridgehead atoms. The molecular weight excluding hydrogens is 547 g/mol. The first-order chi connectivity index (χ1) is 20.9. The Morgan fingerprint density at radius 2 is 2.00 bits per heavy atom. The van der Waals surface area contributed by atoms with E-state index in [0.29, 0.717) is 17.5 Å². The Kier molecular flexibility index (Phi) is 8.45. The SMILES string of the molecule is CCC1CN(c2cccc(OCc3ccc(C#N)cc3F)n2)CCN1Cc1nc2c(OC)cc(C)cc2n1CC1CCO1. The van der Waals surface area contributed by atoms with Gasteiger partial charge in [0.15, 0.2) is 0 Å². The summed E-state index contributed by atoms with van der Waals surface area (Å²) in [5.74, 6) is 2.65. The number of fused-ring (bicyclic) bond motifs is 1. The normalized spacial score (nSPS) is 18.8. The van der Waals surface area contributed by atoms with Crippen LogP contribution in [0.5, 0.6) is 11.6 Å². The molecule has 2 aromatic heterocycles. The number of methoxy groups -OCH3 is 1. The molecule has 4 aromatic rings. The third kappa shape index (κ3) is 6.14. The summed E-state index contributed by atoms with van der Waals surface area (Å²) in [6.45, 7) is 9.19. The molecule has 43 heavy (non-hydrogen) atoms. The fraction of sp³-hybridized carbons (Fsp3) is 0.424. The van der Waals surface area contributed by atoms with Crippen LogP contribution in [-0.4, -0.2) is 64.9 Å². The number of benzene rings is 2. The minimum absolute atomic E-state index is 0.0383. The van der Waals surface area contributed by atoms with E-state index in [1.165, 1.54) is 6.07 Å². The molecule has 224 valence electrons. The summed E-state index contributed by atoms with van der Waals surface area (Å²) >= 11 is 0. The highest BCUT2D eigenvalue weighted by Crippen LogP contribution is 2.31. The first-order valence-corrected chi connectivity index (χ1v) is 14.9. The third-order valence-corrected chi connectivity index (χ3v) is 8.45. The molecule has 4 heterocycles. The second kappa shape index (κ2) is 12.6. The van der Waals surface area contributed by atoms with Gasteiger partial charge in [-0.25, -0.2) is 9.37 Å². The summed E-state index contributed by atoms with van der Waals surface area (Å²) in [6.07, 6.45) is 2.27. The van der Waals surface area contributed by atoms with Crippen molar-refractivity contribution in [1.29, 1.82) is 5.26 Å². The Hall–Kier alpha value is -4.20. The molecule has 0 radical (unpaired) electrons. The number of rotatable bonds is 10. The molecule has 9 nitrogen and oxygen atoms in total. The lowest BCUT2D eigenvalue weighted by molar-refractivity contribution is -0.0592. The number of imidazole rings is 1. The van der Waals surface area contributed by atoms with Crippen LogP contribution in [0.1, 0.15) is 42.3 Å². The van der Waals surface area contributed by atoms with E-state index >= 15 is 0 Å². The van der Waals surface area contributed by atoms with E-state index in [0.717, 1.165) is 86.2 Å². The fourth-order valence-corrected chi connectivity index (χ4v) is 5.91. The Labute approximate surface area is 251 Å². The summed E-state index contributed by atoms with van der Waals surface area (Å²) in [5, 5.41) is 8.98. The van der Waals surface area contributed by atoms with Crippen LogP contribution in [0.15, 0.2) is 48.5 Å². The van der Waals surface area contributed by atoms with Crippen molar-refractivity contribution in [3.05, 3.63) is 76.9 Å². The lowest BCUT2D eigenvalue weighted by Crippen LogP contribution is -2.53. The van der Waals surface area contributed by atoms with Crippen LogP contribution in [0, 0.1) is 24.1 Å². The van der Waals surface area contributed by atoms with E-state index in [2.05, 4.69) is 34.3 Å². The van der Waals surface area contributed by atoms with Crippen molar-refractivity contribution in [1.82, 2.24) is 19.4 Å². The minimum atomic E-state index is -0.459. The first kappa shape index (κ1) is 28.9. The Bertz CT molecular complexity index is 1650. The van der Waals surface area contributed by atoms with Gasteiger partial charge >= 0.3 is 0 Å². The van der Waals surface area contributed by atoms with E-state index in [1.54, 1.807) is 25.3 Å². The van der Waals surface area contributed by atoms with Crippen molar-refractivity contribution in [2.45, 2.75) is 58.5 Å². The maximum absolute atomic E-state index is 14.3. The quantitative estimate of drug-likeness (QED) is 0.251. The van der Waals surface area contributed by atoms with Crippen LogP contribution in [0.4, 0.5) is 10.2 Å². The van der Waals surface area contributed by atoms with E-state index in [1.807, 2.05) is 24.3 Å². The highest BCUT2D eigenvalue weighted by Gasteiger charge is 2.30. The van der Waals surface area contributed by atoms with Crippen molar-refractivity contribution in [3.63, 3.8) is 0 Å². The molecule has 6 rings (SSSR count). The van der Waals surface area contributed by atoms with Gasteiger partial charge < -0.3 is 23.7 Å². The minimum Gasteiger partial charge on any atom is -0.494 e. The summed E-state index contributed by atoms with van der Waals surface area (Å²) < 4.78 is 34.0. The Morgan fingerprint density at radius 3 is 2.72 bits per heavy atom. The molecule has 2 aliphatic heterocycles. The zero-order valence-corrected chi connectivity index (χ0v) is 24.9. The predicted octanol–water partition coefficient (Wildman–Crippen LogP) is 5.23. The molecular formula is C33H37FN6O3. The van der Waals surface area contributed by atoms with E-state index in [9.17, 15) is 4.39 Å². The molecule has 2 atom stereocenters. The molecule has 0 amide bonds. The molecule has 0 N–H and O–H groups in total. The van der Waals surface area contributed by atoms with Crippen LogP contribution in [0.2, 0.25) is 0 Å². The number of hydrogen-bond donors (Lipinski definition) is 0. The van der Waals surface area contributed by atoms with Gasteiger partial charge in [0.2, 0.25) is 5.88 Å². The molecule has 2 fully saturated rings. The number of anilines is 1. The summed E-state index contributed by atoms with van der Waals surface area (Å²) in [4.78, 5) is 14.6. The van der Waals surface area contributed by atoms with Gasteiger partial charge in [-0.2, -0.15) is 10.2 Å². The number of aromatic nitrogens is 3. The standard InChI is InChI=1S/C33H37FN6O3/c1-4-25-18-39(30-6-5-7-32(36-30)43-21-24-9-8-23(17-35)16-27(24)34)12-11-38(25)20-31-37-33-28(14-22(2)15-29(33)41-3)40(31)19-26-10-13-42-26/h5-9,14-16,25-26H,4,10-13,18-21H2,1-3H3. The molecule has 0 saturated carbocycles. The second-order valence-electron chi connectivity index (χ2n) is 11.3. The van der Waals surface area contributed by atoms with Crippen molar-refractivity contribution in [2.24, 2.45) is 0 Å². The van der Waals surface area contributed by atoms with Crippen LogP contribution in [0.3, 0.4) is 0 Å². The average molecular weight is 585 g/mol. The predicted molar refractivity (Wildman–Crippen MR) is 162 cm³/mol. The molecule has 0 spiro atoms. The first-order valence-electron chi connectivity index (χ1n) is 14.9. The number of nitrogens with zero attached hydrogens (tertiary/aromatic N) is 6. The van der Waals surface area contributed by atoms with Gasteiger partial charge in [0.1, 0.15) is 35.3 Å². The average Bonchev–Trinajstić information content (AvgIpc) is 3.34. The van der Waals surface area contributed by atoms with Gasteiger partial charge in [-0.1, -0.05) is 19.1 Å². The smallest absolute Gasteiger partial charge is 0.215 e. The maximum Gasteiger partial charge on any atom is 0.215 e. The molecule has 10 heteroatoms. The number of ether oxygens (including phenoxy) is 3. The van der Waals surface area contributed by atoms with Crippen LogP contribution in [0.25, 0.3) is 11.0 Å². The number of halogens is 1. The van der Waals surface area contributed by atoms with Crippen LogP contribution >= 0.6 is 0 Å². The topological polar surface area (TPSA) is 88.7 Å². The van der Waals surface area contributed by atoms with Gasteiger partial charge in [-0.15, -0.1) is 0 Å². The fourth-order valence-electron chi connectivity index (χ4n) is 5.91. The monoisotopic (exact) mass is 584 g/mol. The molecule has 2 saturated heterocycles. The zero-order chi connectivity index (χ0) is 29.9. The largest absolute Gasteiger partial charge is 0.494 e. The van der Waals surface area contributed by atoms with Gasteiger partial charge in [-0.05, 0) is 55.7 Å². The maximum atomic E-state index is 14.3. The van der Waals surface area contributed by atoms with E-state index in [-0.39, 0.29) is 18.3 Å². The molecule has 2 aromatic carbocycles. The third-order valence-electron chi connectivity index (χ3n) is 8.45. The van der Waals surface area contributed by atoms with Crippen LogP contribution < -0.4 is 14.4 Å². The Balaban J connectivity index is 1.16.